The van der Waals surface area contributed by atoms with E-state index in [9.17, 15) is 15.2 Å². The lowest BCUT2D eigenvalue weighted by molar-refractivity contribution is 0.0698. The number of carboxylic acids is 1. The van der Waals surface area contributed by atoms with Gasteiger partial charge in [0.2, 0.25) is 0 Å². The van der Waals surface area contributed by atoms with E-state index in [1.807, 2.05) is 50.2 Å². The summed E-state index contributed by atoms with van der Waals surface area (Å²) in [5, 5.41) is 22.5. The van der Waals surface area contributed by atoms with Gasteiger partial charge in [-0.2, -0.15) is 5.26 Å². The van der Waals surface area contributed by atoms with Gasteiger partial charge in [-0.05, 0) is 61.9 Å². The number of carboxylic acid groups (broad SMARTS) is 1. The van der Waals surface area contributed by atoms with Crippen LogP contribution in [-0.4, -0.2) is 28.2 Å². The van der Waals surface area contributed by atoms with Crippen LogP contribution in [0.5, 0.6) is 5.75 Å². The van der Waals surface area contributed by atoms with Gasteiger partial charge in [0.25, 0.3) is 0 Å². The van der Waals surface area contributed by atoms with Crippen LogP contribution in [0.3, 0.4) is 0 Å². The molecule has 0 amide bonds. The molecule has 7 nitrogen and oxygen atoms in total. The third kappa shape index (κ3) is 4.32. The van der Waals surface area contributed by atoms with Crippen LogP contribution in [0, 0.1) is 18.3 Å². The minimum atomic E-state index is -1.00. The number of benzene rings is 3. The van der Waals surface area contributed by atoms with Gasteiger partial charge in [0.1, 0.15) is 17.5 Å². The summed E-state index contributed by atoms with van der Waals surface area (Å²) >= 11 is 0. The van der Waals surface area contributed by atoms with Crippen LogP contribution < -0.4 is 10.1 Å². The maximum atomic E-state index is 11.6. The first kappa shape index (κ1) is 21.8. The third-order valence-corrected chi connectivity index (χ3v) is 5.41. The fourth-order valence-electron chi connectivity index (χ4n) is 3.80. The number of nitriles is 1. The number of hydrogen-bond acceptors (Lipinski definition) is 6. The topological polar surface area (TPSA) is 108 Å². The summed E-state index contributed by atoms with van der Waals surface area (Å²) in [6, 6.07) is 19.9. The van der Waals surface area contributed by atoms with Gasteiger partial charge in [0, 0.05) is 16.8 Å². The highest BCUT2D eigenvalue weighted by Gasteiger charge is 2.19. The Kier molecular flexibility index (Phi) is 5.92. The lowest BCUT2D eigenvalue weighted by Crippen LogP contribution is -2.12. The molecule has 0 bridgehead atoms. The van der Waals surface area contributed by atoms with Crippen molar-refractivity contribution in [2.24, 2.45) is 0 Å². The Labute approximate surface area is 191 Å². The average Bonchev–Trinajstić information content (AvgIpc) is 2.82. The number of anilines is 1. The van der Waals surface area contributed by atoms with E-state index in [0.717, 1.165) is 16.7 Å². The normalized spacial score (nSPS) is 11.6. The van der Waals surface area contributed by atoms with Gasteiger partial charge in [0.05, 0.1) is 29.7 Å². The quantitative estimate of drug-likeness (QED) is 0.417. The number of para-hydroxylation sites is 1. The van der Waals surface area contributed by atoms with E-state index in [2.05, 4.69) is 16.4 Å². The lowest BCUT2D eigenvalue weighted by Gasteiger charge is -2.19. The molecule has 4 aromatic rings. The first-order chi connectivity index (χ1) is 15.9. The molecule has 0 radical (unpaired) electrons. The van der Waals surface area contributed by atoms with Crippen molar-refractivity contribution in [2.75, 3.05) is 12.4 Å². The summed E-state index contributed by atoms with van der Waals surface area (Å²) in [4.78, 5) is 21.1. The number of aromatic nitrogens is 2. The van der Waals surface area contributed by atoms with E-state index in [0.29, 0.717) is 28.2 Å². The zero-order valence-corrected chi connectivity index (χ0v) is 18.5. The summed E-state index contributed by atoms with van der Waals surface area (Å²) in [7, 11) is 1.59. The largest absolute Gasteiger partial charge is 0.497 e. The molecule has 7 heteroatoms. The predicted octanol–water partition coefficient (Wildman–Crippen LogP) is 5.36. The predicted molar refractivity (Wildman–Crippen MR) is 126 cm³/mol. The standard InChI is InChI=1S/C26H22N4O3/c1-15-12-20(16(2)28-21-7-5-4-6-19(21)26(31)32)25-22(13-15)29-23(14-27)24(30-25)17-8-10-18(33-3)11-9-17/h4-13,16,28H,1-3H3,(H,31,32)/t16-/m1/s1. The second kappa shape index (κ2) is 8.97. The Morgan fingerprint density at radius 3 is 2.52 bits per heavy atom. The molecule has 0 spiro atoms. The van der Waals surface area contributed by atoms with Crippen LogP contribution in [0.25, 0.3) is 22.3 Å². The molecule has 0 unspecified atom stereocenters. The van der Waals surface area contributed by atoms with Crippen molar-refractivity contribution in [2.45, 2.75) is 19.9 Å². The molecule has 0 aliphatic rings. The molecule has 1 atom stereocenters. The van der Waals surface area contributed by atoms with Gasteiger partial charge in [-0.3, -0.25) is 0 Å². The van der Waals surface area contributed by atoms with Gasteiger partial charge >= 0.3 is 5.97 Å². The van der Waals surface area contributed by atoms with Crippen LogP contribution >= 0.6 is 0 Å². The molecule has 1 aromatic heterocycles. The van der Waals surface area contributed by atoms with Crippen molar-refractivity contribution in [1.29, 1.82) is 5.26 Å². The zero-order chi connectivity index (χ0) is 23.5. The highest BCUT2D eigenvalue weighted by Crippen LogP contribution is 2.31. The van der Waals surface area contributed by atoms with E-state index in [4.69, 9.17) is 9.72 Å². The molecular weight excluding hydrogens is 416 g/mol. The lowest BCUT2D eigenvalue weighted by atomic mass is 10.0. The first-order valence-corrected chi connectivity index (χ1v) is 10.4. The van der Waals surface area contributed by atoms with E-state index in [-0.39, 0.29) is 17.3 Å². The number of carbonyl (C=O) groups is 1. The van der Waals surface area contributed by atoms with E-state index < -0.39 is 5.97 Å². The van der Waals surface area contributed by atoms with Gasteiger partial charge < -0.3 is 15.2 Å². The highest BCUT2D eigenvalue weighted by molar-refractivity contribution is 5.94. The molecule has 0 saturated heterocycles. The molecule has 4 rings (SSSR count). The Bertz CT molecular complexity index is 1390. The fourth-order valence-corrected chi connectivity index (χ4v) is 3.80. The fraction of sp³-hybridized carbons (Fsp3) is 0.154. The van der Waals surface area contributed by atoms with Crippen LogP contribution in [0.15, 0.2) is 60.7 Å². The monoisotopic (exact) mass is 438 g/mol. The minimum Gasteiger partial charge on any atom is -0.497 e. The number of aryl methyl sites for hydroxylation is 1. The number of nitrogens with one attached hydrogen (secondary N) is 1. The molecule has 2 N–H and O–H groups in total. The summed E-state index contributed by atoms with van der Waals surface area (Å²) < 4.78 is 5.23. The van der Waals surface area contributed by atoms with Crippen molar-refractivity contribution in [3.8, 4) is 23.1 Å². The van der Waals surface area contributed by atoms with Gasteiger partial charge in [-0.25, -0.2) is 14.8 Å². The van der Waals surface area contributed by atoms with Crippen molar-refractivity contribution in [3.05, 3.63) is 83.0 Å². The molecule has 1 heterocycles. The van der Waals surface area contributed by atoms with Crippen LogP contribution in [0.1, 0.15) is 40.1 Å². The van der Waals surface area contributed by atoms with Crippen molar-refractivity contribution in [3.63, 3.8) is 0 Å². The molecule has 0 saturated carbocycles. The maximum absolute atomic E-state index is 11.6. The molecule has 0 aliphatic carbocycles. The summed E-state index contributed by atoms with van der Waals surface area (Å²) in [5.41, 5.74) is 5.27. The highest BCUT2D eigenvalue weighted by atomic mass is 16.5. The molecule has 3 aromatic carbocycles. The van der Waals surface area contributed by atoms with Crippen molar-refractivity contribution in [1.82, 2.24) is 9.97 Å². The number of methoxy groups -OCH3 is 1. The second-order valence-electron chi connectivity index (χ2n) is 7.70. The number of aromatic carboxylic acids is 1. The minimum absolute atomic E-state index is 0.193. The first-order valence-electron chi connectivity index (χ1n) is 10.4. The zero-order valence-electron chi connectivity index (χ0n) is 18.5. The Morgan fingerprint density at radius 1 is 1.12 bits per heavy atom. The summed E-state index contributed by atoms with van der Waals surface area (Å²) in [6.45, 7) is 3.89. The number of ether oxygens (including phenoxy) is 1. The molecule has 164 valence electrons. The molecular formula is C26H22N4O3. The van der Waals surface area contributed by atoms with E-state index in [1.165, 1.54) is 0 Å². The number of nitrogens with zero attached hydrogens (tertiary/aromatic N) is 3. The summed E-state index contributed by atoms with van der Waals surface area (Å²) in [6.07, 6.45) is 0. The van der Waals surface area contributed by atoms with Crippen LogP contribution in [0.2, 0.25) is 0 Å². The maximum Gasteiger partial charge on any atom is 0.337 e. The Balaban J connectivity index is 1.84. The van der Waals surface area contributed by atoms with Crippen LogP contribution in [-0.2, 0) is 0 Å². The van der Waals surface area contributed by atoms with Gasteiger partial charge in [-0.1, -0.05) is 18.2 Å². The Morgan fingerprint density at radius 2 is 1.85 bits per heavy atom. The Hall–Kier alpha value is -4.44. The number of hydrogen-bond donors (Lipinski definition) is 2. The van der Waals surface area contributed by atoms with E-state index >= 15 is 0 Å². The smallest absolute Gasteiger partial charge is 0.337 e. The van der Waals surface area contributed by atoms with Crippen molar-refractivity contribution < 1.29 is 14.6 Å². The van der Waals surface area contributed by atoms with Crippen molar-refractivity contribution >= 4 is 22.7 Å². The SMILES string of the molecule is COc1ccc(-c2nc3c([C@@H](C)Nc4ccccc4C(=O)O)cc(C)cc3nc2C#N)cc1. The van der Waals surface area contributed by atoms with Crippen LogP contribution in [0.4, 0.5) is 5.69 Å². The van der Waals surface area contributed by atoms with Gasteiger partial charge in [-0.15, -0.1) is 0 Å². The van der Waals surface area contributed by atoms with E-state index in [1.54, 1.807) is 31.4 Å². The molecule has 33 heavy (non-hydrogen) atoms. The third-order valence-electron chi connectivity index (χ3n) is 5.41. The average molecular weight is 438 g/mol. The molecule has 0 fully saturated rings. The molecule has 0 aliphatic heterocycles. The van der Waals surface area contributed by atoms with Gasteiger partial charge in [0.15, 0.2) is 5.69 Å². The number of fused-ring (bicyclic) bond motifs is 1. The second-order valence-corrected chi connectivity index (χ2v) is 7.70. The number of rotatable bonds is 6. The summed E-state index contributed by atoms with van der Waals surface area (Å²) in [5.74, 6) is -0.295.